The summed E-state index contributed by atoms with van der Waals surface area (Å²) >= 11 is 0. The van der Waals surface area contributed by atoms with Crippen molar-refractivity contribution in [2.75, 3.05) is 0 Å². The number of allylic oxidation sites excluding steroid dienone is 1. The zero-order chi connectivity index (χ0) is 4.99. The first kappa shape index (κ1) is 5.74. The van der Waals surface area contributed by atoms with Gasteiger partial charge in [0.1, 0.15) is 0 Å². The Balaban J connectivity index is 2.96. The molecule has 0 saturated carbocycles. The van der Waals surface area contributed by atoms with Gasteiger partial charge in [0, 0.05) is 0 Å². The highest BCUT2D eigenvalue weighted by Crippen LogP contribution is 1.96. The van der Waals surface area contributed by atoms with Crippen LogP contribution in [0.2, 0.25) is 0 Å². The van der Waals surface area contributed by atoms with Gasteiger partial charge in [-0.2, -0.15) is 12.8 Å². The molecule has 0 amide bonds. The Hall–Kier alpha value is -0.260. The van der Waals surface area contributed by atoms with Gasteiger partial charge in [-0.15, -0.1) is 12.7 Å². The van der Waals surface area contributed by atoms with Crippen LogP contribution in [0.5, 0.6) is 0 Å². The predicted molar refractivity (Wildman–Crippen MR) is 29.3 cm³/mol. The Kier molecular flexibility index (Phi) is 2.82. The van der Waals surface area contributed by atoms with Crippen LogP contribution in [0.4, 0.5) is 0 Å². The fourth-order valence-corrected chi connectivity index (χ4v) is 0.136. The van der Waals surface area contributed by atoms with Crippen LogP contribution < -0.4 is 0 Å². The Labute approximate surface area is 39.9 Å². The van der Waals surface area contributed by atoms with E-state index in [-0.39, 0.29) is 0 Å². The van der Waals surface area contributed by atoms with Crippen molar-refractivity contribution < 1.29 is 0 Å². The predicted octanol–water partition coefficient (Wildman–Crippen LogP) is 2.03. The molecule has 0 aromatic rings. The Morgan fingerprint density at radius 2 is 2.33 bits per heavy atom. The fourth-order valence-electron chi connectivity index (χ4n) is 0.136. The normalized spacial score (nSPS) is 13.7. The summed E-state index contributed by atoms with van der Waals surface area (Å²) in [7, 11) is 0. The fraction of sp³-hybridized carbons (Fsp3) is 0.500. The molecule has 0 fully saturated rings. The first-order chi connectivity index (χ1) is 2.81. The van der Waals surface area contributed by atoms with Crippen molar-refractivity contribution in [3.8, 4) is 0 Å². The van der Waals surface area contributed by atoms with Crippen LogP contribution in [-0.4, -0.2) is 0 Å². The third-order valence-corrected chi connectivity index (χ3v) is 0.898. The lowest BCUT2D eigenvalue weighted by Gasteiger charge is -2.07. The van der Waals surface area contributed by atoms with Crippen LogP contribution in [0.1, 0.15) is 13.8 Å². The molecule has 0 aliphatic carbocycles. The molecule has 36 valence electrons. The van der Waals surface area contributed by atoms with Gasteiger partial charge in [0.2, 0.25) is 0 Å². The lowest BCUT2D eigenvalue weighted by molar-refractivity contribution is 0.858. The number of rotatable bonds is 2. The molecule has 0 spiro atoms. The molecule has 0 aliphatic heterocycles. The monoisotopic (exact) mass is 83.1 g/mol. The minimum Gasteiger partial charge on any atom is -0.325 e. The molecular weight excluding hydrogens is 72.1 g/mol. The first-order valence-corrected chi connectivity index (χ1v) is 2.23. The van der Waals surface area contributed by atoms with E-state index in [1.807, 2.05) is 13.0 Å². The third kappa shape index (κ3) is 2.01. The molecule has 1 unspecified atom stereocenters. The summed E-state index contributed by atoms with van der Waals surface area (Å²) in [5, 5.41) is 0. The van der Waals surface area contributed by atoms with Crippen LogP contribution in [0.3, 0.4) is 0 Å². The lowest BCUT2D eigenvalue weighted by atomic mass is 10.1. The molecule has 0 bridgehead atoms. The van der Waals surface area contributed by atoms with Crippen molar-refractivity contribution >= 4 is 0 Å². The minimum absolute atomic E-state index is 0.574. The second-order valence-electron chi connectivity index (χ2n) is 1.43. The quantitative estimate of drug-likeness (QED) is 0.354. The van der Waals surface area contributed by atoms with Gasteiger partial charge in [-0.05, 0) is 0 Å². The van der Waals surface area contributed by atoms with E-state index in [4.69, 9.17) is 0 Å². The van der Waals surface area contributed by atoms with Gasteiger partial charge in [-0.1, -0.05) is 6.92 Å². The molecule has 0 radical (unpaired) electrons. The van der Waals surface area contributed by atoms with Crippen LogP contribution in [0.25, 0.3) is 0 Å². The highest BCUT2D eigenvalue weighted by Gasteiger charge is 1.71. The number of hydrogen-bond donors (Lipinski definition) is 0. The summed E-state index contributed by atoms with van der Waals surface area (Å²) in [6, 6.07) is 0. The average Bonchev–Trinajstić information content (AvgIpc) is 1.65. The summed E-state index contributed by atoms with van der Waals surface area (Å²) in [5.41, 5.74) is 0. The lowest BCUT2D eigenvalue weighted by Crippen LogP contribution is -1.81. The smallest absolute Gasteiger partial charge is 0.0865 e. The van der Waals surface area contributed by atoms with Gasteiger partial charge in [0.25, 0.3) is 0 Å². The molecule has 0 nitrogen and oxygen atoms in total. The van der Waals surface area contributed by atoms with Crippen LogP contribution in [0, 0.1) is 12.3 Å². The zero-order valence-electron chi connectivity index (χ0n) is 4.44. The maximum Gasteiger partial charge on any atom is -0.0865 e. The van der Waals surface area contributed by atoms with Gasteiger partial charge in [-0.25, -0.2) is 0 Å². The van der Waals surface area contributed by atoms with Crippen molar-refractivity contribution in [3.63, 3.8) is 0 Å². The maximum absolute atomic E-state index is 3.60. The van der Waals surface area contributed by atoms with E-state index < -0.39 is 0 Å². The maximum atomic E-state index is 3.60. The summed E-state index contributed by atoms with van der Waals surface area (Å²) in [6.07, 6.45) is 4.02. The average molecular weight is 83.2 g/mol. The Morgan fingerprint density at radius 3 is 2.33 bits per heavy atom. The molecular formula is C6H11-. The third-order valence-electron chi connectivity index (χ3n) is 0.898. The largest absolute Gasteiger partial charge is 0.325 e. The molecule has 0 rings (SSSR count). The molecule has 0 N–H and O–H groups in total. The molecule has 0 aliphatic rings. The van der Waals surface area contributed by atoms with Gasteiger partial charge >= 0.3 is 0 Å². The van der Waals surface area contributed by atoms with E-state index in [2.05, 4.69) is 19.9 Å². The van der Waals surface area contributed by atoms with Crippen LogP contribution >= 0.6 is 0 Å². The highest BCUT2D eigenvalue weighted by molar-refractivity contribution is 4.82. The van der Waals surface area contributed by atoms with E-state index in [1.165, 1.54) is 0 Å². The van der Waals surface area contributed by atoms with Crippen molar-refractivity contribution in [1.29, 1.82) is 0 Å². The highest BCUT2D eigenvalue weighted by atomic mass is 13.9. The minimum atomic E-state index is 0.574. The molecule has 0 aromatic carbocycles. The summed E-state index contributed by atoms with van der Waals surface area (Å²) < 4.78 is 0. The van der Waals surface area contributed by atoms with E-state index in [0.717, 1.165) is 0 Å². The summed E-state index contributed by atoms with van der Waals surface area (Å²) in [6.45, 7) is 7.74. The SMILES string of the molecule is C=CC(C)[CH-]C. The molecule has 0 aromatic heterocycles. The van der Waals surface area contributed by atoms with Crippen molar-refractivity contribution in [1.82, 2.24) is 0 Å². The molecule has 0 heterocycles. The van der Waals surface area contributed by atoms with E-state index >= 15 is 0 Å². The van der Waals surface area contributed by atoms with E-state index in [9.17, 15) is 0 Å². The van der Waals surface area contributed by atoms with Gasteiger partial charge in [0.05, 0.1) is 0 Å². The molecule has 6 heavy (non-hydrogen) atoms. The zero-order valence-corrected chi connectivity index (χ0v) is 4.44. The van der Waals surface area contributed by atoms with Crippen molar-refractivity contribution in [2.45, 2.75) is 13.8 Å². The Bertz CT molecular complexity index is 37.3. The van der Waals surface area contributed by atoms with Gasteiger partial charge in [-0.3, -0.25) is 0 Å². The molecule has 0 heteroatoms. The van der Waals surface area contributed by atoms with E-state index in [0.29, 0.717) is 5.92 Å². The standard InChI is InChI=1S/C6H11/c1-4-6(3)5-2/h4-6H,1H2,2-3H3/q-1. The number of hydrogen-bond acceptors (Lipinski definition) is 0. The summed E-state index contributed by atoms with van der Waals surface area (Å²) in [4.78, 5) is 0. The van der Waals surface area contributed by atoms with Crippen LogP contribution in [0.15, 0.2) is 12.7 Å². The molecule has 1 atom stereocenters. The second-order valence-corrected chi connectivity index (χ2v) is 1.43. The molecule has 0 saturated heterocycles. The van der Waals surface area contributed by atoms with Crippen molar-refractivity contribution in [2.24, 2.45) is 5.92 Å². The second kappa shape index (κ2) is 2.95. The van der Waals surface area contributed by atoms with E-state index in [1.54, 1.807) is 0 Å². The topological polar surface area (TPSA) is 0 Å². The summed E-state index contributed by atoms with van der Waals surface area (Å²) in [5.74, 6) is 0.574. The Morgan fingerprint density at radius 1 is 1.83 bits per heavy atom. The first-order valence-electron chi connectivity index (χ1n) is 2.23. The van der Waals surface area contributed by atoms with Gasteiger partial charge in [0.15, 0.2) is 0 Å². The van der Waals surface area contributed by atoms with Crippen LogP contribution in [-0.2, 0) is 0 Å². The van der Waals surface area contributed by atoms with Crippen molar-refractivity contribution in [3.05, 3.63) is 19.1 Å². The van der Waals surface area contributed by atoms with Gasteiger partial charge < -0.3 is 6.42 Å².